The van der Waals surface area contributed by atoms with Gasteiger partial charge in [-0.3, -0.25) is 4.90 Å². The van der Waals surface area contributed by atoms with Crippen LogP contribution in [0.2, 0.25) is 0 Å². The third kappa shape index (κ3) is 3.57. The van der Waals surface area contributed by atoms with E-state index in [1.165, 1.54) is 7.11 Å². The van der Waals surface area contributed by atoms with Crippen molar-refractivity contribution in [2.45, 2.75) is 13.5 Å². The first-order valence-electron chi connectivity index (χ1n) is 9.78. The molecule has 0 aliphatic carbocycles. The molecular formula is C24H22N2O4. The molecule has 2 aromatic carbocycles. The number of likely N-dealkylation sites (N-methyl/N-ethyl adjacent to an activating group) is 1. The average Bonchev–Trinajstić information content (AvgIpc) is 2.77. The number of benzene rings is 2. The van der Waals surface area contributed by atoms with Crippen molar-refractivity contribution in [3.63, 3.8) is 0 Å². The van der Waals surface area contributed by atoms with Crippen LogP contribution < -0.4 is 0 Å². The van der Waals surface area contributed by atoms with Crippen LogP contribution >= 0.6 is 0 Å². The first-order chi connectivity index (χ1) is 14.5. The summed E-state index contributed by atoms with van der Waals surface area (Å²) in [5, 5.41) is 10.6. The highest BCUT2D eigenvalue weighted by molar-refractivity contribution is 6.06. The SMILES string of the molecule is CCN1C/C(=C\c2ccc(C(=O)OC)cc2)c2nc3ccccc3c(C(=O)O)c2C1. The number of ether oxygens (including phenoxy) is 1. The maximum Gasteiger partial charge on any atom is 0.337 e. The van der Waals surface area contributed by atoms with E-state index in [2.05, 4.69) is 11.8 Å². The molecule has 0 spiro atoms. The van der Waals surface area contributed by atoms with Crippen molar-refractivity contribution in [1.29, 1.82) is 0 Å². The van der Waals surface area contributed by atoms with Gasteiger partial charge in [0.25, 0.3) is 0 Å². The zero-order valence-corrected chi connectivity index (χ0v) is 16.9. The molecule has 30 heavy (non-hydrogen) atoms. The van der Waals surface area contributed by atoms with Crippen LogP contribution in [-0.2, 0) is 11.3 Å². The van der Waals surface area contributed by atoms with E-state index in [9.17, 15) is 14.7 Å². The number of carboxylic acid groups (broad SMARTS) is 1. The summed E-state index contributed by atoms with van der Waals surface area (Å²) >= 11 is 0. The highest BCUT2D eigenvalue weighted by Gasteiger charge is 2.27. The largest absolute Gasteiger partial charge is 0.478 e. The zero-order valence-electron chi connectivity index (χ0n) is 16.9. The predicted octanol–water partition coefficient (Wildman–Crippen LogP) is 4.10. The van der Waals surface area contributed by atoms with Crippen LogP contribution in [0.3, 0.4) is 0 Å². The Balaban J connectivity index is 1.88. The molecule has 0 saturated carbocycles. The van der Waals surface area contributed by atoms with Crippen molar-refractivity contribution in [2.24, 2.45) is 0 Å². The van der Waals surface area contributed by atoms with Crippen LogP contribution in [-0.4, -0.2) is 47.1 Å². The molecule has 0 fully saturated rings. The molecule has 0 unspecified atom stereocenters. The van der Waals surface area contributed by atoms with E-state index in [0.717, 1.165) is 28.9 Å². The number of nitrogens with zero attached hydrogens (tertiary/aromatic N) is 2. The summed E-state index contributed by atoms with van der Waals surface area (Å²) in [6.45, 7) is 4.07. The Morgan fingerprint density at radius 1 is 1.13 bits per heavy atom. The van der Waals surface area contributed by atoms with Gasteiger partial charge < -0.3 is 9.84 Å². The van der Waals surface area contributed by atoms with Crippen LogP contribution in [0.25, 0.3) is 22.6 Å². The lowest BCUT2D eigenvalue weighted by atomic mass is 9.92. The van der Waals surface area contributed by atoms with Gasteiger partial charge in [-0.25, -0.2) is 14.6 Å². The second-order valence-electron chi connectivity index (χ2n) is 7.22. The Hall–Kier alpha value is -3.51. The number of esters is 1. The van der Waals surface area contributed by atoms with Gasteiger partial charge in [0.05, 0.1) is 29.4 Å². The van der Waals surface area contributed by atoms with E-state index < -0.39 is 5.97 Å². The smallest absolute Gasteiger partial charge is 0.337 e. The van der Waals surface area contributed by atoms with Crippen molar-refractivity contribution in [3.05, 3.63) is 76.5 Å². The number of pyridine rings is 1. The fourth-order valence-corrected chi connectivity index (χ4v) is 3.88. The van der Waals surface area contributed by atoms with Crippen LogP contribution in [0.5, 0.6) is 0 Å². The third-order valence-electron chi connectivity index (χ3n) is 5.41. The summed E-state index contributed by atoms with van der Waals surface area (Å²) in [4.78, 5) is 30.9. The summed E-state index contributed by atoms with van der Waals surface area (Å²) in [7, 11) is 1.35. The predicted molar refractivity (Wildman–Crippen MR) is 115 cm³/mol. The summed E-state index contributed by atoms with van der Waals surface area (Å²) in [5.74, 6) is -1.32. The lowest BCUT2D eigenvalue weighted by Crippen LogP contribution is -2.31. The van der Waals surface area contributed by atoms with E-state index in [4.69, 9.17) is 9.72 Å². The second kappa shape index (κ2) is 8.08. The van der Waals surface area contributed by atoms with Gasteiger partial charge >= 0.3 is 11.9 Å². The van der Waals surface area contributed by atoms with Gasteiger partial charge in [0.2, 0.25) is 0 Å². The van der Waals surface area contributed by atoms with E-state index in [1.807, 2.05) is 42.5 Å². The van der Waals surface area contributed by atoms with Gasteiger partial charge in [0.15, 0.2) is 0 Å². The van der Waals surface area contributed by atoms with Gasteiger partial charge in [-0.15, -0.1) is 0 Å². The van der Waals surface area contributed by atoms with Gasteiger partial charge in [0.1, 0.15) is 0 Å². The number of para-hydroxylation sites is 1. The topological polar surface area (TPSA) is 79.7 Å². The Bertz CT molecular complexity index is 1170. The van der Waals surface area contributed by atoms with Crippen LogP contribution in [0.4, 0.5) is 0 Å². The number of carbonyl (C=O) groups is 2. The molecule has 3 aromatic rings. The molecule has 1 aromatic heterocycles. The summed E-state index contributed by atoms with van der Waals surface area (Å²) in [6, 6.07) is 14.5. The lowest BCUT2D eigenvalue weighted by Gasteiger charge is -2.30. The number of hydrogen-bond donors (Lipinski definition) is 1. The molecule has 6 heteroatoms. The summed E-state index contributed by atoms with van der Waals surface area (Å²) in [6.07, 6.45) is 2.01. The monoisotopic (exact) mass is 402 g/mol. The Labute approximate surface area is 174 Å². The molecule has 4 rings (SSSR count). The fourth-order valence-electron chi connectivity index (χ4n) is 3.88. The molecule has 0 atom stereocenters. The minimum Gasteiger partial charge on any atom is -0.478 e. The second-order valence-corrected chi connectivity index (χ2v) is 7.22. The van der Waals surface area contributed by atoms with E-state index in [-0.39, 0.29) is 5.97 Å². The molecule has 0 amide bonds. The Morgan fingerprint density at radius 2 is 1.87 bits per heavy atom. The highest BCUT2D eigenvalue weighted by atomic mass is 16.5. The number of methoxy groups -OCH3 is 1. The molecule has 2 heterocycles. The van der Waals surface area contributed by atoms with E-state index in [0.29, 0.717) is 35.1 Å². The first-order valence-corrected chi connectivity index (χ1v) is 9.78. The molecular weight excluding hydrogens is 380 g/mol. The number of hydrogen-bond acceptors (Lipinski definition) is 5. The minimum absolute atomic E-state index is 0.320. The van der Waals surface area contributed by atoms with Crippen LogP contribution in [0.1, 0.15) is 44.5 Å². The van der Waals surface area contributed by atoms with Crippen molar-refractivity contribution in [1.82, 2.24) is 9.88 Å². The van der Waals surface area contributed by atoms with Gasteiger partial charge in [-0.05, 0) is 42.0 Å². The van der Waals surface area contributed by atoms with Crippen molar-refractivity contribution in [3.8, 4) is 0 Å². The molecule has 1 aliphatic rings. The molecule has 152 valence electrons. The number of carboxylic acids is 1. The molecule has 1 aliphatic heterocycles. The minimum atomic E-state index is -0.940. The van der Waals surface area contributed by atoms with Crippen molar-refractivity contribution in [2.75, 3.05) is 20.2 Å². The summed E-state index contributed by atoms with van der Waals surface area (Å²) in [5.41, 5.74) is 4.81. The van der Waals surface area contributed by atoms with E-state index in [1.54, 1.807) is 12.1 Å². The normalized spacial score (nSPS) is 15.2. The number of fused-ring (bicyclic) bond motifs is 2. The quantitative estimate of drug-likeness (QED) is 0.662. The van der Waals surface area contributed by atoms with E-state index >= 15 is 0 Å². The third-order valence-corrected chi connectivity index (χ3v) is 5.41. The highest BCUT2D eigenvalue weighted by Crippen LogP contribution is 2.34. The molecule has 0 bridgehead atoms. The standard InChI is InChI=1S/C24H22N2O4/c1-3-26-13-17(12-15-8-10-16(11-9-15)24(29)30-2)22-19(14-26)21(23(27)28)18-6-4-5-7-20(18)25-22/h4-12H,3,13-14H2,1-2H3,(H,27,28)/b17-12+. The summed E-state index contributed by atoms with van der Waals surface area (Å²) < 4.78 is 4.75. The zero-order chi connectivity index (χ0) is 21.3. The lowest BCUT2D eigenvalue weighted by molar-refractivity contribution is 0.0599. The van der Waals surface area contributed by atoms with Crippen molar-refractivity contribution >= 4 is 34.5 Å². The first kappa shape index (κ1) is 19.8. The molecule has 6 nitrogen and oxygen atoms in total. The number of aromatic carboxylic acids is 1. The van der Waals surface area contributed by atoms with Gasteiger partial charge in [0, 0.05) is 24.0 Å². The fraction of sp³-hybridized carbons (Fsp3) is 0.208. The van der Waals surface area contributed by atoms with Gasteiger partial charge in [-0.1, -0.05) is 37.3 Å². The molecule has 0 radical (unpaired) electrons. The van der Waals surface area contributed by atoms with Gasteiger partial charge in [-0.2, -0.15) is 0 Å². The maximum absolute atomic E-state index is 12.2. The Morgan fingerprint density at radius 3 is 2.53 bits per heavy atom. The molecule has 1 N–H and O–H groups in total. The number of rotatable bonds is 4. The maximum atomic E-state index is 12.2. The number of carbonyl (C=O) groups excluding carboxylic acids is 1. The van der Waals surface area contributed by atoms with Crippen LogP contribution in [0.15, 0.2) is 48.5 Å². The van der Waals surface area contributed by atoms with Crippen molar-refractivity contribution < 1.29 is 19.4 Å². The Kier molecular flexibility index (Phi) is 5.33. The average molecular weight is 402 g/mol. The van der Waals surface area contributed by atoms with Crippen LogP contribution in [0, 0.1) is 0 Å². The number of aromatic nitrogens is 1. The molecule has 0 saturated heterocycles.